The summed E-state index contributed by atoms with van der Waals surface area (Å²) in [6, 6.07) is 4.63. The van der Waals surface area contributed by atoms with E-state index in [9.17, 15) is 18.4 Å². The van der Waals surface area contributed by atoms with E-state index < -0.39 is 12.5 Å². The predicted octanol–water partition coefficient (Wildman–Crippen LogP) is 3.69. The van der Waals surface area contributed by atoms with E-state index >= 15 is 0 Å². The molecule has 0 aliphatic rings. The van der Waals surface area contributed by atoms with Crippen LogP contribution in [0.3, 0.4) is 0 Å². The third-order valence-electron chi connectivity index (χ3n) is 5.38. The maximum Gasteiger partial charge on any atom is 0.387 e. The summed E-state index contributed by atoms with van der Waals surface area (Å²) in [5, 5.41) is 14.1. The Balaban J connectivity index is 1.82. The first-order chi connectivity index (χ1) is 18.3. The van der Waals surface area contributed by atoms with Gasteiger partial charge < -0.3 is 20.3 Å². The minimum atomic E-state index is -3.12. The number of carbonyl (C=O) groups is 2. The second-order valence-corrected chi connectivity index (χ2v) is 9.58. The third kappa shape index (κ3) is 6.08. The van der Waals surface area contributed by atoms with Gasteiger partial charge in [0.25, 0.3) is 5.91 Å². The highest BCUT2D eigenvalue weighted by Gasteiger charge is 2.23. The van der Waals surface area contributed by atoms with Crippen molar-refractivity contribution >= 4 is 41.1 Å². The Morgan fingerprint density at radius 2 is 2.11 bits per heavy atom. The normalized spacial score (nSPS) is 11.3. The number of amides is 2. The van der Waals surface area contributed by atoms with Crippen LogP contribution in [0.1, 0.15) is 17.3 Å². The van der Waals surface area contributed by atoms with Gasteiger partial charge in [0, 0.05) is 41.7 Å². The van der Waals surface area contributed by atoms with E-state index in [0.717, 1.165) is 0 Å². The maximum absolute atomic E-state index is 13.4. The maximum atomic E-state index is 13.4. The molecule has 14 heteroatoms. The quantitative estimate of drug-likeness (QED) is 0.205. The van der Waals surface area contributed by atoms with Gasteiger partial charge in [0.05, 0.1) is 24.1 Å². The van der Waals surface area contributed by atoms with Crippen molar-refractivity contribution in [3.05, 3.63) is 48.5 Å². The van der Waals surface area contributed by atoms with Crippen LogP contribution in [-0.2, 0) is 11.3 Å². The highest BCUT2D eigenvalue weighted by Crippen LogP contribution is 2.42. The Morgan fingerprint density at radius 1 is 1.29 bits per heavy atom. The van der Waals surface area contributed by atoms with Crippen LogP contribution in [0.25, 0.3) is 16.9 Å². The van der Waals surface area contributed by atoms with Gasteiger partial charge in [-0.3, -0.25) is 14.3 Å². The third-order valence-corrected chi connectivity index (χ3v) is 6.31. The number of hydrogen-bond donors (Lipinski definition) is 2. The summed E-state index contributed by atoms with van der Waals surface area (Å²) in [5.41, 5.74) is 1.66. The van der Waals surface area contributed by atoms with E-state index in [0.29, 0.717) is 41.5 Å². The van der Waals surface area contributed by atoms with E-state index in [2.05, 4.69) is 25.8 Å². The highest BCUT2D eigenvalue weighted by atomic mass is 32.2. The summed E-state index contributed by atoms with van der Waals surface area (Å²) in [6.07, 6.45) is 6.71. The Labute approximate surface area is 221 Å². The SMILES string of the molecule is CCSc1cc(-c2nn(CCN(C)C)cc2NC(=O)c2cnn3cccnc23)c(OC(F)F)cc1NC=O. The van der Waals surface area contributed by atoms with E-state index in [1.54, 1.807) is 35.4 Å². The van der Waals surface area contributed by atoms with Gasteiger partial charge in [-0.15, -0.1) is 11.8 Å². The number of nitrogens with zero attached hydrogens (tertiary/aromatic N) is 6. The molecule has 4 rings (SSSR count). The molecule has 3 aromatic heterocycles. The second kappa shape index (κ2) is 12.0. The number of anilines is 2. The number of nitrogens with one attached hydrogen (secondary N) is 2. The number of carbonyl (C=O) groups excluding carboxylic acids is 2. The van der Waals surface area contributed by atoms with E-state index in [1.165, 1.54) is 28.5 Å². The monoisotopic (exact) mass is 544 g/mol. The van der Waals surface area contributed by atoms with Crippen LogP contribution in [0.5, 0.6) is 5.75 Å². The first-order valence-corrected chi connectivity index (χ1v) is 12.6. The summed E-state index contributed by atoms with van der Waals surface area (Å²) in [7, 11) is 3.82. The molecule has 1 aromatic carbocycles. The lowest BCUT2D eigenvalue weighted by atomic mass is 10.1. The molecule has 0 fully saturated rings. The summed E-state index contributed by atoms with van der Waals surface area (Å²) in [4.78, 5) is 31.2. The molecule has 0 saturated heterocycles. The molecule has 0 radical (unpaired) electrons. The lowest BCUT2D eigenvalue weighted by Gasteiger charge is -2.16. The Kier molecular flexibility index (Phi) is 8.53. The Morgan fingerprint density at radius 3 is 2.82 bits per heavy atom. The summed E-state index contributed by atoms with van der Waals surface area (Å²) < 4.78 is 34.7. The standard InChI is InChI=1S/C24H26F2N8O3S/c1-4-38-20-10-15(19(37-24(25)26)11-17(20)28-14-35)21-18(13-33(31-21)9-8-32(2)3)30-23(36)16-12-29-34-7-5-6-27-22(16)34/h5-7,10-14,24H,4,8-9H2,1-3H3,(H,28,35)(H,30,36). The Bertz CT molecular complexity index is 1440. The first-order valence-electron chi connectivity index (χ1n) is 11.6. The number of halogens is 2. The summed E-state index contributed by atoms with van der Waals surface area (Å²) in [5.74, 6) is -0.0356. The van der Waals surface area contributed by atoms with Crippen LogP contribution in [0.4, 0.5) is 20.2 Å². The molecule has 3 heterocycles. The van der Waals surface area contributed by atoms with Gasteiger partial charge in [0.15, 0.2) is 5.65 Å². The lowest BCUT2D eigenvalue weighted by molar-refractivity contribution is -0.105. The summed E-state index contributed by atoms with van der Waals surface area (Å²) >= 11 is 1.41. The molecular weight excluding hydrogens is 518 g/mol. The average Bonchev–Trinajstić information content (AvgIpc) is 3.48. The van der Waals surface area contributed by atoms with Gasteiger partial charge in [-0.05, 0) is 32.0 Å². The van der Waals surface area contributed by atoms with Crippen molar-refractivity contribution < 1.29 is 23.1 Å². The number of ether oxygens (including phenoxy) is 1. The number of thioether (sulfide) groups is 1. The van der Waals surface area contributed by atoms with Gasteiger partial charge in [-0.2, -0.15) is 19.0 Å². The number of rotatable bonds is 12. The molecule has 38 heavy (non-hydrogen) atoms. The molecule has 0 unspecified atom stereocenters. The largest absolute Gasteiger partial charge is 0.434 e. The van der Waals surface area contributed by atoms with Crippen LogP contribution in [0.15, 0.2) is 47.9 Å². The highest BCUT2D eigenvalue weighted by molar-refractivity contribution is 7.99. The van der Waals surface area contributed by atoms with Crippen LogP contribution in [-0.4, -0.2) is 74.6 Å². The fraction of sp³-hybridized carbons (Fsp3) is 0.292. The van der Waals surface area contributed by atoms with Crippen molar-refractivity contribution in [3.63, 3.8) is 0 Å². The van der Waals surface area contributed by atoms with Crippen LogP contribution < -0.4 is 15.4 Å². The molecule has 4 aromatic rings. The predicted molar refractivity (Wildman–Crippen MR) is 140 cm³/mol. The molecule has 2 N–H and O–H groups in total. The Hall–Kier alpha value is -4.04. The number of likely N-dealkylation sites (N-methyl/N-ethyl adjacent to an activating group) is 1. The van der Waals surface area contributed by atoms with Gasteiger partial charge in [-0.1, -0.05) is 6.92 Å². The van der Waals surface area contributed by atoms with Gasteiger partial charge >= 0.3 is 6.61 Å². The van der Waals surface area contributed by atoms with Gasteiger partial charge in [0.2, 0.25) is 6.41 Å². The molecule has 0 bridgehead atoms. The second-order valence-electron chi connectivity index (χ2n) is 8.28. The minimum Gasteiger partial charge on any atom is -0.434 e. The molecule has 0 saturated carbocycles. The van der Waals surface area contributed by atoms with Gasteiger partial charge in [0.1, 0.15) is 17.0 Å². The van der Waals surface area contributed by atoms with Crippen molar-refractivity contribution in [2.24, 2.45) is 0 Å². The molecule has 0 atom stereocenters. The van der Waals surface area contributed by atoms with Gasteiger partial charge in [-0.25, -0.2) is 9.50 Å². The molecule has 0 aliphatic carbocycles. The molecule has 2 amide bonds. The van der Waals surface area contributed by atoms with Crippen LogP contribution in [0, 0.1) is 0 Å². The first kappa shape index (κ1) is 27.0. The zero-order chi connectivity index (χ0) is 27.2. The van der Waals surface area contributed by atoms with Crippen molar-refractivity contribution in [2.75, 3.05) is 37.0 Å². The van der Waals surface area contributed by atoms with E-state index in [-0.39, 0.29) is 28.3 Å². The van der Waals surface area contributed by atoms with E-state index in [1.807, 2.05) is 25.9 Å². The molecular formula is C24H26F2N8O3S. The van der Waals surface area contributed by atoms with Crippen molar-refractivity contribution in [3.8, 4) is 17.0 Å². The summed E-state index contributed by atoms with van der Waals surface area (Å²) in [6.45, 7) is -0.0852. The topological polar surface area (TPSA) is 119 Å². The molecule has 0 spiro atoms. The van der Waals surface area contributed by atoms with Crippen LogP contribution in [0.2, 0.25) is 0 Å². The zero-order valence-corrected chi connectivity index (χ0v) is 21.7. The zero-order valence-electron chi connectivity index (χ0n) is 20.9. The number of fused-ring (bicyclic) bond motifs is 1. The van der Waals surface area contributed by atoms with E-state index in [4.69, 9.17) is 4.74 Å². The fourth-order valence-corrected chi connectivity index (χ4v) is 4.48. The average molecular weight is 545 g/mol. The van der Waals surface area contributed by atoms with Crippen LogP contribution >= 0.6 is 11.8 Å². The number of hydrogen-bond acceptors (Lipinski definition) is 8. The number of aromatic nitrogens is 5. The minimum absolute atomic E-state index is 0.198. The van der Waals surface area contributed by atoms with Crippen molar-refractivity contribution in [1.29, 1.82) is 0 Å². The van der Waals surface area contributed by atoms with Crippen molar-refractivity contribution in [2.45, 2.75) is 25.0 Å². The molecule has 200 valence electrons. The molecule has 0 aliphatic heterocycles. The fourth-order valence-electron chi connectivity index (χ4n) is 3.70. The molecule has 11 nitrogen and oxygen atoms in total. The lowest BCUT2D eigenvalue weighted by Crippen LogP contribution is -2.18. The smallest absolute Gasteiger partial charge is 0.387 e. The number of benzene rings is 1. The van der Waals surface area contributed by atoms with Crippen molar-refractivity contribution in [1.82, 2.24) is 29.3 Å². The number of alkyl halides is 2.